The molecule has 7 heteroatoms. The summed E-state index contributed by atoms with van der Waals surface area (Å²) in [6.07, 6.45) is -0.132. The highest BCUT2D eigenvalue weighted by Crippen LogP contribution is 2.12. The molecule has 0 fully saturated rings. The van der Waals surface area contributed by atoms with Gasteiger partial charge in [-0.05, 0) is 37.6 Å². The zero-order valence-electron chi connectivity index (χ0n) is 14.3. The third kappa shape index (κ3) is 7.13. The number of ether oxygens (including phenoxy) is 2. The maximum Gasteiger partial charge on any atom is 0.513 e. The van der Waals surface area contributed by atoms with Gasteiger partial charge in [0.1, 0.15) is 5.75 Å². The van der Waals surface area contributed by atoms with E-state index in [1.54, 1.807) is 19.1 Å². The van der Waals surface area contributed by atoms with E-state index in [0.29, 0.717) is 30.8 Å². The van der Waals surface area contributed by atoms with Crippen LogP contribution in [0.15, 0.2) is 24.3 Å². The molecule has 0 saturated heterocycles. The quantitative estimate of drug-likeness (QED) is 0.431. The van der Waals surface area contributed by atoms with E-state index < -0.39 is 6.16 Å². The molecule has 0 radical (unpaired) electrons. The number of carbonyl (C=O) groups excluding carboxylic acids is 3. The second kappa shape index (κ2) is 10.3. The first-order chi connectivity index (χ1) is 11.4. The van der Waals surface area contributed by atoms with Crippen LogP contribution in [0.2, 0.25) is 0 Å². The summed E-state index contributed by atoms with van der Waals surface area (Å²) in [4.78, 5) is 34.5. The molecule has 0 bridgehead atoms. The van der Waals surface area contributed by atoms with Gasteiger partial charge in [-0.15, -0.1) is 0 Å². The molecule has 2 amide bonds. The van der Waals surface area contributed by atoms with Crippen molar-refractivity contribution in [2.24, 2.45) is 5.92 Å². The normalized spacial score (nSPS) is 10.2. The van der Waals surface area contributed by atoms with Crippen molar-refractivity contribution in [3.8, 4) is 5.75 Å². The van der Waals surface area contributed by atoms with Gasteiger partial charge in [0, 0.05) is 24.6 Å². The van der Waals surface area contributed by atoms with Crippen LogP contribution >= 0.6 is 0 Å². The Hall–Kier alpha value is -2.57. The van der Waals surface area contributed by atoms with Crippen molar-refractivity contribution in [1.29, 1.82) is 0 Å². The molecular weight excluding hydrogens is 312 g/mol. The Morgan fingerprint density at radius 3 is 2.25 bits per heavy atom. The predicted molar refractivity (Wildman–Crippen MR) is 88.9 cm³/mol. The maximum atomic E-state index is 12.0. The minimum Gasteiger partial charge on any atom is -0.434 e. The Balaban J connectivity index is 2.32. The van der Waals surface area contributed by atoms with E-state index in [0.717, 1.165) is 0 Å². The van der Waals surface area contributed by atoms with E-state index in [1.165, 1.54) is 12.1 Å². The number of amides is 2. The van der Waals surface area contributed by atoms with Crippen LogP contribution in [0.5, 0.6) is 5.75 Å². The van der Waals surface area contributed by atoms with E-state index >= 15 is 0 Å². The van der Waals surface area contributed by atoms with Crippen molar-refractivity contribution in [3.05, 3.63) is 29.8 Å². The van der Waals surface area contributed by atoms with Gasteiger partial charge in [-0.1, -0.05) is 13.8 Å². The lowest BCUT2D eigenvalue weighted by Gasteiger charge is -2.09. The molecule has 132 valence electrons. The Morgan fingerprint density at radius 1 is 1.04 bits per heavy atom. The molecule has 0 aliphatic carbocycles. The molecule has 1 aromatic carbocycles. The minimum absolute atomic E-state index is 0.00137. The highest BCUT2D eigenvalue weighted by molar-refractivity contribution is 5.94. The van der Waals surface area contributed by atoms with Gasteiger partial charge in [-0.25, -0.2) is 4.79 Å². The third-order valence-electron chi connectivity index (χ3n) is 3.04. The number of hydrogen-bond donors (Lipinski definition) is 2. The molecule has 0 heterocycles. The summed E-state index contributed by atoms with van der Waals surface area (Å²) in [5.74, 6) is 0.0303. The van der Waals surface area contributed by atoms with Crippen LogP contribution in [0.4, 0.5) is 4.79 Å². The maximum absolute atomic E-state index is 12.0. The first-order valence-corrected chi connectivity index (χ1v) is 7.94. The fourth-order valence-electron chi connectivity index (χ4n) is 1.73. The number of nitrogens with one attached hydrogen (secondary N) is 2. The van der Waals surface area contributed by atoms with E-state index in [4.69, 9.17) is 4.74 Å². The minimum atomic E-state index is -0.779. The molecule has 0 saturated carbocycles. The molecule has 0 aliphatic heterocycles. The first kappa shape index (κ1) is 19.5. The number of carbonyl (C=O) groups is 3. The van der Waals surface area contributed by atoms with Gasteiger partial charge in [0.25, 0.3) is 5.91 Å². The van der Waals surface area contributed by atoms with Gasteiger partial charge < -0.3 is 20.1 Å². The Bertz CT molecular complexity index is 555. The Labute approximate surface area is 141 Å². The van der Waals surface area contributed by atoms with Crippen LogP contribution in [0.25, 0.3) is 0 Å². The van der Waals surface area contributed by atoms with Gasteiger partial charge in [0.05, 0.1) is 6.61 Å². The molecule has 0 unspecified atom stereocenters. The van der Waals surface area contributed by atoms with E-state index in [1.807, 2.05) is 13.8 Å². The number of rotatable bonds is 8. The first-order valence-electron chi connectivity index (χ1n) is 7.94. The summed E-state index contributed by atoms with van der Waals surface area (Å²) < 4.78 is 9.57. The topological polar surface area (TPSA) is 93.7 Å². The van der Waals surface area contributed by atoms with Gasteiger partial charge in [0.2, 0.25) is 5.91 Å². The Morgan fingerprint density at radius 2 is 1.67 bits per heavy atom. The second-order valence-electron chi connectivity index (χ2n) is 5.36. The molecule has 1 rings (SSSR count). The molecular formula is C17H24N2O5. The van der Waals surface area contributed by atoms with E-state index in [9.17, 15) is 14.4 Å². The molecule has 2 N–H and O–H groups in total. The summed E-state index contributed by atoms with van der Waals surface area (Å²) in [7, 11) is 0. The van der Waals surface area contributed by atoms with Crippen molar-refractivity contribution >= 4 is 18.0 Å². The smallest absolute Gasteiger partial charge is 0.434 e. The van der Waals surface area contributed by atoms with E-state index in [-0.39, 0.29) is 24.3 Å². The van der Waals surface area contributed by atoms with Gasteiger partial charge in [0.15, 0.2) is 0 Å². The van der Waals surface area contributed by atoms with Crippen LogP contribution in [0.1, 0.15) is 37.6 Å². The summed E-state index contributed by atoms with van der Waals surface area (Å²) in [6, 6.07) is 6.16. The molecule has 7 nitrogen and oxygen atoms in total. The second-order valence-corrected chi connectivity index (χ2v) is 5.36. The van der Waals surface area contributed by atoms with Crippen molar-refractivity contribution < 1.29 is 23.9 Å². The average molecular weight is 336 g/mol. The number of hydrogen-bond acceptors (Lipinski definition) is 5. The van der Waals surface area contributed by atoms with E-state index in [2.05, 4.69) is 15.4 Å². The molecule has 24 heavy (non-hydrogen) atoms. The summed E-state index contributed by atoms with van der Waals surface area (Å²) >= 11 is 0. The summed E-state index contributed by atoms with van der Waals surface area (Å²) in [6.45, 7) is 6.54. The summed E-state index contributed by atoms with van der Waals surface area (Å²) in [5, 5.41) is 5.54. The lowest BCUT2D eigenvalue weighted by molar-refractivity contribution is -0.123. The number of benzene rings is 1. The van der Waals surface area contributed by atoms with Crippen molar-refractivity contribution in [2.45, 2.75) is 27.2 Å². The van der Waals surface area contributed by atoms with Crippen molar-refractivity contribution in [1.82, 2.24) is 10.6 Å². The molecule has 1 aromatic rings. The highest BCUT2D eigenvalue weighted by atomic mass is 16.7. The average Bonchev–Trinajstić information content (AvgIpc) is 2.54. The lowest BCUT2D eigenvalue weighted by atomic mass is 10.2. The lowest BCUT2D eigenvalue weighted by Crippen LogP contribution is -2.31. The Kier molecular flexibility index (Phi) is 8.32. The standard InChI is InChI=1S/C17H24N2O5/c1-4-23-17(22)24-14-8-6-13(7-9-14)16(21)19-11-5-10-18-15(20)12(2)3/h6-9,12H,4-5,10-11H2,1-3H3,(H,18,20)(H,19,21). The monoisotopic (exact) mass is 336 g/mol. The van der Waals surface area contributed by atoms with Crippen LogP contribution in [-0.2, 0) is 9.53 Å². The van der Waals surface area contributed by atoms with Gasteiger partial charge in [-0.2, -0.15) is 0 Å². The van der Waals surface area contributed by atoms with Gasteiger partial charge in [-0.3, -0.25) is 9.59 Å². The fraction of sp³-hybridized carbons (Fsp3) is 0.471. The van der Waals surface area contributed by atoms with Crippen molar-refractivity contribution in [2.75, 3.05) is 19.7 Å². The molecule has 0 aromatic heterocycles. The van der Waals surface area contributed by atoms with Crippen LogP contribution in [0.3, 0.4) is 0 Å². The van der Waals surface area contributed by atoms with Crippen LogP contribution in [0, 0.1) is 5.92 Å². The van der Waals surface area contributed by atoms with Gasteiger partial charge >= 0.3 is 6.16 Å². The fourth-order valence-corrected chi connectivity index (χ4v) is 1.73. The summed E-state index contributed by atoms with van der Waals surface area (Å²) in [5.41, 5.74) is 0.456. The van der Waals surface area contributed by atoms with Crippen molar-refractivity contribution in [3.63, 3.8) is 0 Å². The zero-order chi connectivity index (χ0) is 17.9. The molecule has 0 atom stereocenters. The SMILES string of the molecule is CCOC(=O)Oc1ccc(C(=O)NCCCNC(=O)C(C)C)cc1. The van der Waals surface area contributed by atoms with Crippen LogP contribution < -0.4 is 15.4 Å². The third-order valence-corrected chi connectivity index (χ3v) is 3.04. The predicted octanol–water partition coefficient (Wildman–Crippen LogP) is 2.11. The largest absolute Gasteiger partial charge is 0.513 e. The highest BCUT2D eigenvalue weighted by Gasteiger charge is 2.08. The molecule has 0 aliphatic rings. The zero-order valence-corrected chi connectivity index (χ0v) is 14.3. The van der Waals surface area contributed by atoms with Crippen LogP contribution in [-0.4, -0.2) is 37.7 Å². The molecule has 0 spiro atoms.